The summed E-state index contributed by atoms with van der Waals surface area (Å²) in [7, 11) is 0. The van der Waals surface area contributed by atoms with Crippen LogP contribution in [0.1, 0.15) is 11.3 Å². The molecular weight excluding hydrogens is 436 g/mol. The van der Waals surface area contributed by atoms with Crippen molar-refractivity contribution < 1.29 is 13.6 Å². The first kappa shape index (κ1) is 20.8. The number of hydrogen-bond acceptors (Lipinski definition) is 4. The van der Waals surface area contributed by atoms with Crippen LogP contribution < -0.4 is 5.32 Å². The zero-order chi connectivity index (χ0) is 22.8. The third-order valence-corrected chi connectivity index (χ3v) is 5.42. The van der Waals surface area contributed by atoms with Gasteiger partial charge in [0.2, 0.25) is 11.8 Å². The lowest BCUT2D eigenvalue weighted by atomic mass is 10.2. The van der Waals surface area contributed by atoms with Crippen molar-refractivity contribution in [1.82, 2.24) is 4.98 Å². The first-order valence-corrected chi connectivity index (χ1v) is 10.7. The summed E-state index contributed by atoms with van der Waals surface area (Å²) in [6, 6.07) is 24.4. The maximum absolute atomic E-state index is 12.5. The number of nitrogens with zero attached hydrogens (tertiary/aromatic N) is 1. The van der Waals surface area contributed by atoms with Gasteiger partial charge in [-0.15, -0.1) is 0 Å². The second-order valence-corrected chi connectivity index (χ2v) is 7.98. The molecule has 162 valence electrons. The van der Waals surface area contributed by atoms with Crippen LogP contribution in [0.5, 0.6) is 0 Å². The summed E-state index contributed by atoms with van der Waals surface area (Å²) in [5.74, 6) is 1.43. The van der Waals surface area contributed by atoms with E-state index in [1.54, 1.807) is 24.3 Å². The Morgan fingerprint density at radius 1 is 0.970 bits per heavy atom. The fourth-order valence-corrected chi connectivity index (χ4v) is 3.65. The van der Waals surface area contributed by atoms with Gasteiger partial charge in [-0.25, -0.2) is 4.98 Å². The summed E-state index contributed by atoms with van der Waals surface area (Å²) in [5.41, 5.74) is 4.67. The number of fused-ring (bicyclic) bond motifs is 1. The topological polar surface area (TPSA) is 68.3 Å². The molecule has 1 amide bonds. The van der Waals surface area contributed by atoms with E-state index in [0.717, 1.165) is 22.4 Å². The van der Waals surface area contributed by atoms with Crippen molar-refractivity contribution >= 4 is 40.4 Å². The lowest BCUT2D eigenvalue weighted by molar-refractivity contribution is -0.111. The van der Waals surface area contributed by atoms with Crippen molar-refractivity contribution in [3.63, 3.8) is 0 Å². The van der Waals surface area contributed by atoms with Gasteiger partial charge in [0.05, 0.1) is 10.6 Å². The summed E-state index contributed by atoms with van der Waals surface area (Å²) < 4.78 is 11.7. The molecule has 5 rings (SSSR count). The maximum atomic E-state index is 12.5. The van der Waals surface area contributed by atoms with Crippen LogP contribution in [0.15, 0.2) is 93.8 Å². The quantitative estimate of drug-likeness (QED) is 0.281. The molecule has 6 heteroatoms. The molecule has 0 fully saturated rings. The highest BCUT2D eigenvalue weighted by molar-refractivity contribution is 6.33. The molecule has 0 saturated carbocycles. The van der Waals surface area contributed by atoms with Gasteiger partial charge in [0, 0.05) is 17.3 Å². The molecule has 0 unspecified atom stereocenters. The molecule has 0 saturated heterocycles. The van der Waals surface area contributed by atoms with E-state index < -0.39 is 0 Å². The lowest BCUT2D eigenvalue weighted by Gasteiger charge is -2.05. The monoisotopic (exact) mass is 454 g/mol. The smallest absolute Gasteiger partial charge is 0.248 e. The average Bonchev–Trinajstić information content (AvgIpc) is 3.46. The number of hydrogen-bond donors (Lipinski definition) is 1. The van der Waals surface area contributed by atoms with Crippen LogP contribution in [-0.2, 0) is 4.79 Å². The number of halogens is 1. The molecule has 3 aromatic carbocycles. The molecule has 0 aliphatic heterocycles. The summed E-state index contributed by atoms with van der Waals surface area (Å²) >= 11 is 6.38. The van der Waals surface area contributed by atoms with Gasteiger partial charge in [0.1, 0.15) is 17.0 Å². The molecular formula is C27H19ClN2O3. The molecule has 5 nitrogen and oxygen atoms in total. The zero-order valence-corrected chi connectivity index (χ0v) is 18.5. The van der Waals surface area contributed by atoms with Crippen molar-refractivity contribution in [3.8, 4) is 22.8 Å². The molecule has 0 atom stereocenters. The molecule has 5 aromatic rings. The number of aryl methyl sites for hydroxylation is 1. The highest BCUT2D eigenvalue weighted by Gasteiger charge is 2.13. The van der Waals surface area contributed by atoms with Gasteiger partial charge in [-0.05, 0) is 61.0 Å². The second kappa shape index (κ2) is 8.81. The van der Waals surface area contributed by atoms with Gasteiger partial charge in [-0.2, -0.15) is 0 Å². The molecule has 1 N–H and O–H groups in total. The van der Waals surface area contributed by atoms with Crippen LogP contribution in [0.4, 0.5) is 5.69 Å². The van der Waals surface area contributed by atoms with E-state index >= 15 is 0 Å². The Bertz CT molecular complexity index is 1480. The lowest BCUT2D eigenvalue weighted by Crippen LogP contribution is -2.07. The van der Waals surface area contributed by atoms with Gasteiger partial charge in [0.15, 0.2) is 5.58 Å². The number of oxazole rings is 1. The number of anilines is 1. The predicted octanol–water partition coefficient (Wildman–Crippen LogP) is 7.37. The molecule has 0 radical (unpaired) electrons. The third kappa shape index (κ3) is 4.59. The van der Waals surface area contributed by atoms with Crippen molar-refractivity contribution in [2.24, 2.45) is 0 Å². The number of benzene rings is 3. The van der Waals surface area contributed by atoms with Crippen LogP contribution in [0.25, 0.3) is 40.0 Å². The Balaban J connectivity index is 1.32. The highest BCUT2D eigenvalue weighted by atomic mass is 35.5. The van der Waals surface area contributed by atoms with Crippen molar-refractivity contribution in [3.05, 3.63) is 101 Å². The van der Waals surface area contributed by atoms with E-state index in [1.807, 2.05) is 67.6 Å². The van der Waals surface area contributed by atoms with Gasteiger partial charge >= 0.3 is 0 Å². The van der Waals surface area contributed by atoms with Crippen molar-refractivity contribution in [2.75, 3.05) is 5.32 Å². The Morgan fingerprint density at radius 3 is 2.67 bits per heavy atom. The van der Waals surface area contributed by atoms with Crippen LogP contribution in [0, 0.1) is 6.92 Å². The van der Waals surface area contributed by atoms with E-state index in [4.69, 9.17) is 20.4 Å². The normalized spacial score (nSPS) is 11.3. The minimum atomic E-state index is -0.297. The Hall–Kier alpha value is -4.09. The maximum Gasteiger partial charge on any atom is 0.248 e. The van der Waals surface area contributed by atoms with Crippen LogP contribution in [0.2, 0.25) is 5.02 Å². The number of amides is 1. The summed E-state index contributed by atoms with van der Waals surface area (Å²) in [5, 5.41) is 3.32. The predicted molar refractivity (Wildman–Crippen MR) is 131 cm³/mol. The SMILES string of the molecule is Cc1ccc2nc(-c3cc(NC(=O)/C=C/c4ccc(-c5ccccc5)o4)ccc3Cl)oc2c1. The van der Waals surface area contributed by atoms with Crippen molar-refractivity contribution in [1.29, 1.82) is 0 Å². The first-order chi connectivity index (χ1) is 16.0. The van der Waals surface area contributed by atoms with Crippen LogP contribution >= 0.6 is 11.6 Å². The second-order valence-electron chi connectivity index (χ2n) is 7.58. The molecule has 0 spiro atoms. The van der Waals surface area contributed by atoms with E-state index in [9.17, 15) is 4.79 Å². The van der Waals surface area contributed by atoms with Crippen molar-refractivity contribution in [2.45, 2.75) is 6.92 Å². The van der Waals surface area contributed by atoms with Gasteiger partial charge in [0.25, 0.3) is 0 Å². The zero-order valence-electron chi connectivity index (χ0n) is 17.7. The Kier molecular flexibility index (Phi) is 5.55. The minimum absolute atomic E-state index is 0.297. The average molecular weight is 455 g/mol. The number of carbonyl (C=O) groups excluding carboxylic acids is 1. The molecule has 33 heavy (non-hydrogen) atoms. The highest BCUT2D eigenvalue weighted by Crippen LogP contribution is 2.32. The summed E-state index contributed by atoms with van der Waals surface area (Å²) in [6.07, 6.45) is 3.05. The Labute approximate surface area is 195 Å². The summed E-state index contributed by atoms with van der Waals surface area (Å²) in [4.78, 5) is 17.0. The van der Waals surface area contributed by atoms with E-state index in [2.05, 4.69) is 10.3 Å². The fourth-order valence-electron chi connectivity index (χ4n) is 3.46. The van der Waals surface area contributed by atoms with E-state index in [-0.39, 0.29) is 5.91 Å². The first-order valence-electron chi connectivity index (χ1n) is 10.4. The molecule has 2 aromatic heterocycles. The standard InChI is InChI=1S/C27H19ClN2O3/c1-17-7-12-23-25(15-17)33-27(30-23)21-16-19(8-11-22(21)28)29-26(31)14-10-20-9-13-24(32-20)18-5-3-2-4-6-18/h2-16H,1H3,(H,29,31)/b14-10+. The molecule has 0 bridgehead atoms. The van der Waals surface area contributed by atoms with Gasteiger partial charge in [-0.1, -0.05) is 48.0 Å². The largest absolute Gasteiger partial charge is 0.457 e. The van der Waals surface area contributed by atoms with Crippen LogP contribution in [0.3, 0.4) is 0 Å². The van der Waals surface area contributed by atoms with Gasteiger partial charge in [-0.3, -0.25) is 4.79 Å². The number of nitrogens with one attached hydrogen (secondary N) is 1. The minimum Gasteiger partial charge on any atom is -0.457 e. The number of furan rings is 1. The Morgan fingerprint density at radius 2 is 1.82 bits per heavy atom. The van der Waals surface area contributed by atoms with E-state index in [0.29, 0.717) is 33.5 Å². The number of carbonyl (C=O) groups is 1. The molecule has 2 heterocycles. The van der Waals surface area contributed by atoms with Gasteiger partial charge < -0.3 is 14.2 Å². The molecule has 0 aliphatic rings. The fraction of sp³-hybridized carbons (Fsp3) is 0.0370. The van der Waals surface area contributed by atoms with E-state index in [1.165, 1.54) is 6.08 Å². The number of aromatic nitrogens is 1. The third-order valence-electron chi connectivity index (χ3n) is 5.09. The number of rotatable bonds is 5. The molecule has 0 aliphatic carbocycles. The van der Waals surface area contributed by atoms with Crippen LogP contribution in [-0.4, -0.2) is 10.9 Å². The summed E-state index contributed by atoms with van der Waals surface area (Å²) in [6.45, 7) is 1.99.